The number of aryl methyl sites for hydroxylation is 1. The lowest BCUT2D eigenvalue weighted by Gasteiger charge is -2.19. The first-order valence-electron chi connectivity index (χ1n) is 5.78. The van der Waals surface area contributed by atoms with E-state index in [1.165, 1.54) is 10.8 Å². The van der Waals surface area contributed by atoms with Gasteiger partial charge in [0.1, 0.15) is 12.3 Å². The highest BCUT2D eigenvalue weighted by atomic mass is 32.1. The van der Waals surface area contributed by atoms with Crippen LogP contribution in [0.4, 0.5) is 0 Å². The van der Waals surface area contributed by atoms with E-state index in [-0.39, 0.29) is 16.8 Å². The van der Waals surface area contributed by atoms with Crippen LogP contribution >= 0.6 is 12.2 Å². The first-order valence-corrected chi connectivity index (χ1v) is 6.19. The second-order valence-corrected chi connectivity index (χ2v) is 4.90. The van der Waals surface area contributed by atoms with Crippen LogP contribution < -0.4 is 5.56 Å². The molecule has 1 fully saturated rings. The quantitative estimate of drug-likeness (QED) is 0.323. The summed E-state index contributed by atoms with van der Waals surface area (Å²) in [6.45, 7) is 1.09. The van der Waals surface area contributed by atoms with Crippen LogP contribution in [0.3, 0.4) is 0 Å². The van der Waals surface area contributed by atoms with E-state index in [4.69, 9.17) is 22.5 Å². The number of hydrogen-bond acceptors (Lipinski definition) is 6. The number of ether oxygens (including phenoxy) is 1. The molecule has 3 atom stereocenters. The van der Waals surface area contributed by atoms with Gasteiger partial charge in [-0.1, -0.05) is 5.11 Å². The van der Waals surface area contributed by atoms with Crippen molar-refractivity contribution in [2.24, 2.45) is 5.11 Å². The minimum Gasteiger partial charge on any atom is -0.394 e. The van der Waals surface area contributed by atoms with Crippen molar-refractivity contribution in [3.05, 3.63) is 37.3 Å². The maximum absolute atomic E-state index is 11.4. The summed E-state index contributed by atoms with van der Waals surface area (Å²) in [7, 11) is 0. The number of aliphatic hydroxyl groups excluding tert-OH is 1. The Morgan fingerprint density at radius 3 is 3.10 bits per heavy atom. The van der Waals surface area contributed by atoms with Gasteiger partial charge >= 0.3 is 0 Å². The molecular formula is C10H13N5O4S. The van der Waals surface area contributed by atoms with E-state index >= 15 is 0 Å². The zero-order chi connectivity index (χ0) is 14.9. The summed E-state index contributed by atoms with van der Waals surface area (Å²) in [5, 5.41) is 22.7. The number of aromatic amines is 1. The fourth-order valence-electron chi connectivity index (χ4n) is 2.07. The average Bonchev–Trinajstić information content (AvgIpc) is 2.71. The Morgan fingerprint density at radius 2 is 2.50 bits per heavy atom. The molecular weight excluding hydrogens is 286 g/mol. The molecule has 20 heavy (non-hydrogen) atoms. The SMILES string of the molecule is Cc1cn([C@H]2C[C@@](O)(N=[N+]=[N-])[C@@H](CO)O2)c(=S)[nH]c1=O. The van der Waals surface area contributed by atoms with Crippen molar-refractivity contribution in [3.63, 3.8) is 0 Å². The van der Waals surface area contributed by atoms with Crippen molar-refractivity contribution < 1.29 is 14.9 Å². The Bertz CT molecular complexity index is 679. The first-order chi connectivity index (χ1) is 9.41. The van der Waals surface area contributed by atoms with Crippen molar-refractivity contribution in [2.45, 2.75) is 31.4 Å². The third-order valence-corrected chi connectivity index (χ3v) is 3.46. The van der Waals surface area contributed by atoms with E-state index in [0.29, 0.717) is 5.56 Å². The summed E-state index contributed by atoms with van der Waals surface area (Å²) in [6.07, 6.45) is -0.396. The second kappa shape index (κ2) is 5.35. The Hall–Kier alpha value is -1.71. The van der Waals surface area contributed by atoms with Gasteiger partial charge < -0.3 is 14.9 Å². The standard InChI is InChI=1S/C10H13N5O4S/c1-5-3-15(9(20)12-8(5)17)7-2-10(18,13-14-11)6(4-16)19-7/h3,6-7,16,18H,2,4H2,1H3,(H,12,17,20)/t6-,7-,10+/m1/s1. The maximum atomic E-state index is 11.4. The summed E-state index contributed by atoms with van der Waals surface area (Å²) >= 11 is 5.03. The predicted molar refractivity (Wildman–Crippen MR) is 70.3 cm³/mol. The molecule has 10 heteroatoms. The fourth-order valence-corrected chi connectivity index (χ4v) is 2.33. The molecule has 0 amide bonds. The van der Waals surface area contributed by atoms with E-state index in [2.05, 4.69) is 15.0 Å². The molecule has 0 spiro atoms. The monoisotopic (exact) mass is 299 g/mol. The smallest absolute Gasteiger partial charge is 0.254 e. The van der Waals surface area contributed by atoms with Crippen LogP contribution in [0.1, 0.15) is 18.2 Å². The number of nitrogens with zero attached hydrogens (tertiary/aromatic N) is 4. The van der Waals surface area contributed by atoms with Crippen LogP contribution in [0.15, 0.2) is 16.1 Å². The third kappa shape index (κ3) is 2.47. The van der Waals surface area contributed by atoms with Gasteiger partial charge in [-0.25, -0.2) is 0 Å². The molecule has 2 heterocycles. The summed E-state index contributed by atoms with van der Waals surface area (Å²) in [6, 6.07) is 0. The van der Waals surface area contributed by atoms with Crippen LogP contribution in [-0.2, 0) is 4.74 Å². The molecule has 1 aliphatic heterocycles. The van der Waals surface area contributed by atoms with E-state index in [1.54, 1.807) is 6.92 Å². The molecule has 9 nitrogen and oxygen atoms in total. The topological polar surface area (TPSA) is 136 Å². The highest BCUT2D eigenvalue weighted by Crippen LogP contribution is 2.37. The summed E-state index contributed by atoms with van der Waals surface area (Å²) < 4.78 is 7.01. The van der Waals surface area contributed by atoms with E-state index in [9.17, 15) is 15.0 Å². The van der Waals surface area contributed by atoms with Crippen molar-refractivity contribution in [3.8, 4) is 0 Å². The molecule has 1 aromatic rings. The van der Waals surface area contributed by atoms with Gasteiger partial charge in [-0.05, 0) is 24.7 Å². The number of aromatic nitrogens is 2. The fraction of sp³-hybridized carbons (Fsp3) is 0.600. The average molecular weight is 299 g/mol. The molecule has 1 saturated heterocycles. The molecule has 0 bridgehead atoms. The van der Waals surface area contributed by atoms with Crippen molar-refractivity contribution in [1.82, 2.24) is 9.55 Å². The molecule has 2 rings (SSSR count). The van der Waals surface area contributed by atoms with Gasteiger partial charge in [0.25, 0.3) is 5.56 Å². The largest absolute Gasteiger partial charge is 0.394 e. The molecule has 0 saturated carbocycles. The number of rotatable bonds is 3. The van der Waals surface area contributed by atoms with E-state index < -0.39 is 24.7 Å². The normalized spacial score (nSPS) is 29.1. The summed E-state index contributed by atoms with van der Waals surface area (Å²) in [5.41, 5.74) is 6.74. The molecule has 1 aromatic heterocycles. The molecule has 0 radical (unpaired) electrons. The van der Waals surface area contributed by atoms with E-state index in [1.807, 2.05) is 0 Å². The van der Waals surface area contributed by atoms with Crippen LogP contribution in [-0.4, -0.2) is 38.2 Å². The third-order valence-electron chi connectivity index (χ3n) is 3.15. The molecule has 3 N–H and O–H groups in total. The Labute approximate surface area is 118 Å². The van der Waals surface area contributed by atoms with Gasteiger partial charge in [0.2, 0.25) is 0 Å². The Balaban J connectivity index is 2.42. The van der Waals surface area contributed by atoms with Crippen LogP contribution in [0.25, 0.3) is 10.4 Å². The van der Waals surface area contributed by atoms with Gasteiger partial charge in [-0.3, -0.25) is 14.3 Å². The maximum Gasteiger partial charge on any atom is 0.254 e. The Morgan fingerprint density at radius 1 is 1.80 bits per heavy atom. The van der Waals surface area contributed by atoms with E-state index in [0.717, 1.165) is 0 Å². The number of azide groups is 1. The van der Waals surface area contributed by atoms with Crippen molar-refractivity contribution in [2.75, 3.05) is 6.61 Å². The molecule has 0 aromatic carbocycles. The van der Waals surface area contributed by atoms with Gasteiger partial charge in [0, 0.05) is 23.1 Å². The zero-order valence-corrected chi connectivity index (χ0v) is 11.4. The highest BCUT2D eigenvalue weighted by molar-refractivity contribution is 7.71. The highest BCUT2D eigenvalue weighted by Gasteiger charge is 2.47. The number of H-pyrrole nitrogens is 1. The van der Waals surface area contributed by atoms with Crippen LogP contribution in [0, 0.1) is 11.7 Å². The lowest BCUT2D eigenvalue weighted by atomic mass is 10.1. The molecule has 108 valence electrons. The van der Waals surface area contributed by atoms with Gasteiger partial charge in [0.05, 0.1) is 6.61 Å². The second-order valence-electron chi connectivity index (χ2n) is 4.51. The van der Waals surface area contributed by atoms with Gasteiger partial charge in [-0.2, -0.15) is 0 Å². The van der Waals surface area contributed by atoms with Crippen molar-refractivity contribution in [1.29, 1.82) is 0 Å². The molecule has 1 aliphatic rings. The molecule has 0 aliphatic carbocycles. The van der Waals surface area contributed by atoms with Gasteiger partial charge in [0.15, 0.2) is 10.5 Å². The summed E-state index contributed by atoms with van der Waals surface area (Å²) in [4.78, 5) is 16.5. The lowest BCUT2D eigenvalue weighted by molar-refractivity contribution is -0.0794. The van der Waals surface area contributed by atoms with Gasteiger partial charge in [-0.15, -0.1) is 0 Å². The number of aliphatic hydroxyl groups is 2. The minimum absolute atomic E-state index is 0.0813. The molecule has 0 unspecified atom stereocenters. The first kappa shape index (κ1) is 14.7. The lowest BCUT2D eigenvalue weighted by Crippen LogP contribution is -2.38. The van der Waals surface area contributed by atoms with Crippen LogP contribution in [0.5, 0.6) is 0 Å². The Kier molecular flexibility index (Phi) is 3.93. The predicted octanol–water partition coefficient (Wildman–Crippen LogP) is 0.493. The number of hydrogen-bond donors (Lipinski definition) is 3. The summed E-state index contributed by atoms with van der Waals surface area (Å²) in [5.74, 6) is 0. The zero-order valence-electron chi connectivity index (χ0n) is 10.6. The van der Waals surface area contributed by atoms with Crippen LogP contribution in [0.2, 0.25) is 0 Å². The van der Waals surface area contributed by atoms with Crippen molar-refractivity contribution >= 4 is 12.2 Å². The number of nitrogens with one attached hydrogen (secondary N) is 1. The minimum atomic E-state index is -1.85.